The molecular weight excluding hydrogens is 438 g/mol. The molecule has 8 nitrogen and oxygen atoms in total. The van der Waals surface area contributed by atoms with Gasteiger partial charge in [0.25, 0.3) is 10.0 Å². The lowest BCUT2D eigenvalue weighted by atomic mass is 10.2. The molecule has 2 N–H and O–H groups in total. The molecule has 31 heavy (non-hydrogen) atoms. The summed E-state index contributed by atoms with van der Waals surface area (Å²) in [4.78, 5) is 2.05. The second kappa shape index (κ2) is 9.35. The van der Waals surface area contributed by atoms with E-state index in [0.717, 1.165) is 25.9 Å². The molecule has 0 bridgehead atoms. The van der Waals surface area contributed by atoms with Crippen molar-refractivity contribution in [1.29, 1.82) is 0 Å². The maximum Gasteiger partial charge on any atom is 0.261 e. The largest absolute Gasteiger partial charge is 0.497 e. The highest BCUT2D eigenvalue weighted by Crippen LogP contribution is 2.33. The normalized spacial score (nSPS) is 14.6. The average molecular weight is 468 g/mol. The second-order valence-corrected chi connectivity index (χ2v) is 11.4. The lowest BCUT2D eigenvalue weighted by Crippen LogP contribution is -2.24. The Labute approximate surface area is 184 Å². The molecule has 1 fully saturated rings. The van der Waals surface area contributed by atoms with Crippen molar-refractivity contribution in [3.05, 3.63) is 42.5 Å². The second-order valence-electron chi connectivity index (χ2n) is 7.98. The quantitative estimate of drug-likeness (QED) is 0.585. The molecule has 0 atom stereocenters. The van der Waals surface area contributed by atoms with Crippen LogP contribution in [-0.4, -0.2) is 42.8 Å². The fraction of sp³-hybridized carbons (Fsp3) is 0.429. The summed E-state index contributed by atoms with van der Waals surface area (Å²) in [6.45, 7) is 5.24. The van der Waals surface area contributed by atoms with Gasteiger partial charge < -0.3 is 9.64 Å². The van der Waals surface area contributed by atoms with Crippen LogP contribution in [0.3, 0.4) is 0 Å². The number of ether oxygens (including phenoxy) is 1. The number of benzene rings is 2. The Morgan fingerprint density at radius 3 is 2.19 bits per heavy atom. The van der Waals surface area contributed by atoms with Crippen LogP contribution in [0.2, 0.25) is 0 Å². The number of hydrogen-bond donors (Lipinski definition) is 2. The molecule has 0 amide bonds. The summed E-state index contributed by atoms with van der Waals surface area (Å²) in [5.41, 5.74) is 1.35. The van der Waals surface area contributed by atoms with E-state index >= 15 is 0 Å². The van der Waals surface area contributed by atoms with Crippen molar-refractivity contribution in [2.24, 2.45) is 5.92 Å². The Morgan fingerprint density at radius 1 is 0.968 bits per heavy atom. The zero-order valence-electron chi connectivity index (χ0n) is 18.0. The molecule has 170 valence electrons. The van der Waals surface area contributed by atoms with Gasteiger partial charge in [0, 0.05) is 18.8 Å². The fourth-order valence-corrected chi connectivity index (χ4v) is 6.06. The smallest absolute Gasteiger partial charge is 0.261 e. The first kappa shape index (κ1) is 23.2. The van der Waals surface area contributed by atoms with Gasteiger partial charge in [-0.3, -0.25) is 9.44 Å². The van der Waals surface area contributed by atoms with Gasteiger partial charge in [-0.1, -0.05) is 13.8 Å². The first-order chi connectivity index (χ1) is 14.6. The molecule has 0 saturated carbocycles. The molecule has 0 aromatic heterocycles. The summed E-state index contributed by atoms with van der Waals surface area (Å²) >= 11 is 0. The summed E-state index contributed by atoms with van der Waals surface area (Å²) < 4.78 is 61.3. The summed E-state index contributed by atoms with van der Waals surface area (Å²) in [5.74, 6) is 0.504. The number of nitrogens with zero attached hydrogens (tertiary/aromatic N) is 1. The highest BCUT2D eigenvalue weighted by molar-refractivity contribution is 7.93. The van der Waals surface area contributed by atoms with Gasteiger partial charge in [0.15, 0.2) is 0 Å². The predicted molar refractivity (Wildman–Crippen MR) is 124 cm³/mol. The van der Waals surface area contributed by atoms with Crippen LogP contribution in [0.5, 0.6) is 5.75 Å². The zero-order valence-corrected chi connectivity index (χ0v) is 19.6. The maximum atomic E-state index is 13.0. The van der Waals surface area contributed by atoms with Crippen molar-refractivity contribution >= 4 is 37.1 Å². The number of rotatable bonds is 9. The molecule has 1 aliphatic rings. The van der Waals surface area contributed by atoms with E-state index in [4.69, 9.17) is 4.74 Å². The van der Waals surface area contributed by atoms with Gasteiger partial charge >= 0.3 is 0 Å². The van der Waals surface area contributed by atoms with Gasteiger partial charge in [0.05, 0.1) is 29.1 Å². The van der Waals surface area contributed by atoms with Crippen molar-refractivity contribution in [3.63, 3.8) is 0 Å². The van der Waals surface area contributed by atoms with E-state index in [0.29, 0.717) is 17.1 Å². The molecule has 0 spiro atoms. The van der Waals surface area contributed by atoms with E-state index in [2.05, 4.69) is 14.3 Å². The van der Waals surface area contributed by atoms with E-state index < -0.39 is 20.0 Å². The van der Waals surface area contributed by atoms with Crippen LogP contribution in [0.15, 0.2) is 47.4 Å². The Morgan fingerprint density at radius 2 is 1.61 bits per heavy atom. The number of hydrogen-bond acceptors (Lipinski definition) is 6. The summed E-state index contributed by atoms with van der Waals surface area (Å²) in [6.07, 6.45) is 2.02. The van der Waals surface area contributed by atoms with Crippen molar-refractivity contribution in [2.45, 2.75) is 31.6 Å². The first-order valence-corrected chi connectivity index (χ1v) is 13.3. The van der Waals surface area contributed by atoms with Crippen LogP contribution < -0.4 is 19.1 Å². The third-order valence-corrected chi connectivity index (χ3v) is 7.90. The van der Waals surface area contributed by atoms with Gasteiger partial charge in [-0.2, -0.15) is 0 Å². The molecule has 0 aliphatic carbocycles. The predicted octanol–water partition coefficient (Wildman–Crippen LogP) is 3.49. The molecule has 10 heteroatoms. The highest BCUT2D eigenvalue weighted by atomic mass is 32.2. The van der Waals surface area contributed by atoms with Crippen molar-refractivity contribution in [1.82, 2.24) is 0 Å². The summed E-state index contributed by atoms with van der Waals surface area (Å²) in [7, 11) is -6.01. The SMILES string of the molecule is COc1ccc(NS(=O)(=O)c2ccc(N3CCCC3)c(NS(=O)(=O)CC(C)C)c2)cc1. The van der Waals surface area contributed by atoms with Crippen LogP contribution >= 0.6 is 0 Å². The Kier molecular flexibility index (Phi) is 7.00. The van der Waals surface area contributed by atoms with E-state index in [9.17, 15) is 16.8 Å². The lowest BCUT2D eigenvalue weighted by Gasteiger charge is -2.23. The summed E-state index contributed by atoms with van der Waals surface area (Å²) in [5, 5.41) is 0. The van der Waals surface area contributed by atoms with Crippen molar-refractivity contribution < 1.29 is 21.6 Å². The van der Waals surface area contributed by atoms with Crippen LogP contribution in [0, 0.1) is 5.92 Å². The third kappa shape index (κ3) is 6.04. The molecule has 2 aromatic rings. The Balaban J connectivity index is 1.94. The van der Waals surface area contributed by atoms with E-state index in [1.54, 1.807) is 30.3 Å². The number of nitrogens with one attached hydrogen (secondary N) is 2. The highest BCUT2D eigenvalue weighted by Gasteiger charge is 2.23. The Bertz CT molecular complexity index is 1110. The molecule has 0 radical (unpaired) electrons. The molecule has 1 heterocycles. The minimum Gasteiger partial charge on any atom is -0.497 e. The van der Waals surface area contributed by atoms with Gasteiger partial charge in [-0.25, -0.2) is 16.8 Å². The zero-order chi connectivity index (χ0) is 22.6. The monoisotopic (exact) mass is 467 g/mol. The van der Waals surface area contributed by atoms with Crippen molar-refractivity contribution in [2.75, 3.05) is 40.3 Å². The average Bonchev–Trinajstić information content (AvgIpc) is 3.21. The van der Waals surface area contributed by atoms with Gasteiger partial charge in [-0.15, -0.1) is 0 Å². The van der Waals surface area contributed by atoms with Crippen LogP contribution in [0.25, 0.3) is 0 Å². The summed E-state index contributed by atoms with van der Waals surface area (Å²) in [6, 6.07) is 11.1. The minimum atomic E-state index is -3.92. The minimum absolute atomic E-state index is 0.0199. The van der Waals surface area contributed by atoms with E-state index in [1.807, 2.05) is 13.8 Å². The number of methoxy groups -OCH3 is 1. The van der Waals surface area contributed by atoms with Crippen LogP contribution in [0.1, 0.15) is 26.7 Å². The first-order valence-electron chi connectivity index (χ1n) is 10.2. The Hall–Kier alpha value is -2.46. The molecular formula is C21H29N3O5S2. The van der Waals surface area contributed by atoms with E-state index in [1.165, 1.54) is 19.2 Å². The number of anilines is 3. The van der Waals surface area contributed by atoms with Crippen molar-refractivity contribution in [3.8, 4) is 5.75 Å². The molecule has 0 unspecified atom stereocenters. The van der Waals surface area contributed by atoms with Gasteiger partial charge in [0.2, 0.25) is 10.0 Å². The molecule has 1 saturated heterocycles. The molecule has 2 aromatic carbocycles. The standard InChI is InChI=1S/C21H29N3O5S2/c1-16(2)15-30(25,26)23-20-14-19(10-11-21(20)24-12-4-5-13-24)31(27,28)22-17-6-8-18(29-3)9-7-17/h6-11,14,16,22-23H,4-5,12-13,15H2,1-3H3. The fourth-order valence-electron chi connectivity index (χ4n) is 3.52. The molecule has 1 aliphatic heterocycles. The van der Waals surface area contributed by atoms with Crippen LogP contribution in [0.4, 0.5) is 17.1 Å². The molecule has 3 rings (SSSR count). The topological polar surface area (TPSA) is 105 Å². The van der Waals surface area contributed by atoms with Crippen LogP contribution in [-0.2, 0) is 20.0 Å². The van der Waals surface area contributed by atoms with Gasteiger partial charge in [-0.05, 0) is 61.2 Å². The lowest BCUT2D eigenvalue weighted by molar-refractivity contribution is 0.415. The number of sulfonamides is 2. The third-order valence-electron chi connectivity index (χ3n) is 4.89. The maximum absolute atomic E-state index is 13.0. The van der Waals surface area contributed by atoms with Gasteiger partial charge in [0.1, 0.15) is 5.75 Å². The van der Waals surface area contributed by atoms with E-state index in [-0.39, 0.29) is 22.3 Å².